The van der Waals surface area contributed by atoms with E-state index < -0.39 is 5.91 Å². The molecule has 1 aliphatic heterocycles. The lowest BCUT2D eigenvalue weighted by Gasteiger charge is -2.08. The van der Waals surface area contributed by atoms with Crippen LogP contribution >= 0.6 is 0 Å². The summed E-state index contributed by atoms with van der Waals surface area (Å²) in [5.74, 6) is 1.33. The Balaban J connectivity index is 1.46. The minimum atomic E-state index is -0.602. The molecule has 2 aromatic carbocycles. The zero-order valence-electron chi connectivity index (χ0n) is 17.8. The number of nitrogens with two attached hydrogens (primary N) is 1. The molecule has 0 spiro atoms. The predicted octanol–water partition coefficient (Wildman–Crippen LogP) is 1.79. The Morgan fingerprint density at radius 1 is 1.24 bits per heavy atom. The van der Waals surface area contributed by atoms with E-state index in [1.54, 1.807) is 42.5 Å². The van der Waals surface area contributed by atoms with Gasteiger partial charge in [-0.1, -0.05) is 17.3 Å². The minimum Gasteiger partial charge on any atom is -0.494 e. The quantitative estimate of drug-likeness (QED) is 0.305. The Labute approximate surface area is 192 Å². The lowest BCUT2D eigenvalue weighted by atomic mass is 10.1. The zero-order chi connectivity index (χ0) is 23.5. The van der Waals surface area contributed by atoms with Crippen LogP contribution in [0.5, 0.6) is 17.2 Å². The minimum absolute atomic E-state index is 0.0140. The molecule has 0 unspecified atom stereocenters. The molecule has 13 heteroatoms. The summed E-state index contributed by atoms with van der Waals surface area (Å²) in [5, 5.41) is 19.4. The summed E-state index contributed by atoms with van der Waals surface area (Å²) < 4.78 is 22.2. The fraction of sp³-hybridized carbons (Fsp3) is 0.143. The molecule has 3 N–H and O–H groups in total. The Kier molecular flexibility index (Phi) is 5.48. The van der Waals surface area contributed by atoms with Gasteiger partial charge in [-0.05, 0) is 53.1 Å². The Bertz CT molecular complexity index is 1380. The molecule has 13 nitrogen and oxygen atoms in total. The number of anilines is 1. The van der Waals surface area contributed by atoms with E-state index >= 15 is 0 Å². The van der Waals surface area contributed by atoms with Crippen LogP contribution in [0.25, 0.3) is 17.1 Å². The van der Waals surface area contributed by atoms with Crippen molar-refractivity contribution in [3.8, 4) is 34.3 Å². The molecule has 0 atom stereocenters. The summed E-state index contributed by atoms with van der Waals surface area (Å²) in [6.07, 6.45) is 1.47. The van der Waals surface area contributed by atoms with Crippen molar-refractivity contribution in [1.29, 1.82) is 0 Å². The second kappa shape index (κ2) is 8.90. The Morgan fingerprint density at radius 2 is 2.12 bits per heavy atom. The van der Waals surface area contributed by atoms with Crippen LogP contribution in [0, 0.1) is 0 Å². The molecule has 1 aliphatic rings. The van der Waals surface area contributed by atoms with E-state index in [1.165, 1.54) is 10.9 Å². The number of nitrogen functional groups attached to an aromatic ring is 1. The third-order valence-electron chi connectivity index (χ3n) is 4.78. The monoisotopic (exact) mass is 462 g/mol. The van der Waals surface area contributed by atoms with Gasteiger partial charge in [0, 0.05) is 5.56 Å². The fourth-order valence-corrected chi connectivity index (χ4v) is 3.29. The van der Waals surface area contributed by atoms with Crippen LogP contribution in [0.1, 0.15) is 23.0 Å². The van der Waals surface area contributed by atoms with E-state index in [1.807, 2.05) is 6.92 Å². The average Bonchev–Trinajstić information content (AvgIpc) is 3.58. The number of ether oxygens (including phenoxy) is 3. The maximum atomic E-state index is 13.0. The lowest BCUT2D eigenvalue weighted by Crippen LogP contribution is -2.19. The third-order valence-corrected chi connectivity index (χ3v) is 4.78. The number of aromatic nitrogens is 5. The van der Waals surface area contributed by atoms with Crippen LogP contribution in [0.15, 0.2) is 52.2 Å². The standard InChI is InChI=1S/C21H18N8O5/c1-2-31-14-5-3-4-13(9-14)18-17(24-28-29(18)20-19(22)26-34-27-20)21(30)25-23-10-12-6-7-15-16(8-12)33-11-32-15/h3-10H,2,11H2,1H3,(H2,22,26)(H,25,30)/b23-10+. The molecule has 34 heavy (non-hydrogen) atoms. The largest absolute Gasteiger partial charge is 0.494 e. The SMILES string of the molecule is CCOc1cccc(-c2c(C(=O)N/N=C/c3ccc4c(c3)OCO4)nnn2-c2nonc2N)c1. The van der Waals surface area contributed by atoms with Crippen LogP contribution in [-0.2, 0) is 0 Å². The number of amides is 1. The van der Waals surface area contributed by atoms with Crippen molar-refractivity contribution in [3.05, 3.63) is 53.7 Å². The van der Waals surface area contributed by atoms with Crippen molar-refractivity contribution in [3.63, 3.8) is 0 Å². The second-order valence-corrected chi connectivity index (χ2v) is 6.94. The number of hydrazone groups is 1. The number of nitrogens with one attached hydrogen (secondary N) is 1. The van der Waals surface area contributed by atoms with Crippen LogP contribution in [0.3, 0.4) is 0 Å². The van der Waals surface area contributed by atoms with Crippen molar-refractivity contribution < 1.29 is 23.6 Å². The van der Waals surface area contributed by atoms with Gasteiger partial charge >= 0.3 is 0 Å². The van der Waals surface area contributed by atoms with E-state index in [0.717, 1.165) is 0 Å². The molecule has 1 amide bonds. The third kappa shape index (κ3) is 3.97. The number of benzene rings is 2. The number of hydrogen-bond acceptors (Lipinski definition) is 11. The summed E-state index contributed by atoms with van der Waals surface area (Å²) in [5.41, 5.74) is 9.89. The van der Waals surface area contributed by atoms with Crippen molar-refractivity contribution in [2.75, 3.05) is 19.1 Å². The van der Waals surface area contributed by atoms with Gasteiger partial charge in [0.15, 0.2) is 17.2 Å². The fourth-order valence-electron chi connectivity index (χ4n) is 3.29. The molecule has 0 aliphatic carbocycles. The van der Waals surface area contributed by atoms with Gasteiger partial charge < -0.3 is 19.9 Å². The normalized spacial score (nSPS) is 12.3. The second-order valence-electron chi connectivity index (χ2n) is 6.94. The molecule has 0 saturated carbocycles. The highest BCUT2D eigenvalue weighted by Crippen LogP contribution is 2.32. The Morgan fingerprint density at radius 3 is 2.94 bits per heavy atom. The predicted molar refractivity (Wildman–Crippen MR) is 118 cm³/mol. The molecular formula is C21H18N8O5. The Hall–Kier alpha value is -4.94. The van der Waals surface area contributed by atoms with Gasteiger partial charge in [0.1, 0.15) is 11.4 Å². The maximum Gasteiger partial charge on any atom is 0.294 e. The van der Waals surface area contributed by atoms with Gasteiger partial charge in [0.05, 0.1) is 12.8 Å². The first-order valence-electron chi connectivity index (χ1n) is 10.1. The number of rotatable bonds is 7. The highest BCUT2D eigenvalue weighted by Gasteiger charge is 2.25. The highest BCUT2D eigenvalue weighted by molar-refractivity contribution is 5.99. The number of carbonyl (C=O) groups excluding carboxylic acids is 1. The number of nitrogens with zero attached hydrogens (tertiary/aromatic N) is 6. The summed E-state index contributed by atoms with van der Waals surface area (Å²) in [6, 6.07) is 12.4. The summed E-state index contributed by atoms with van der Waals surface area (Å²) in [4.78, 5) is 13.0. The molecule has 2 aromatic heterocycles. The molecule has 3 heterocycles. The van der Waals surface area contributed by atoms with Crippen LogP contribution < -0.4 is 25.4 Å². The average molecular weight is 462 g/mol. The van der Waals surface area contributed by atoms with Crippen molar-refractivity contribution in [1.82, 2.24) is 30.7 Å². The van der Waals surface area contributed by atoms with Gasteiger partial charge in [-0.15, -0.1) is 5.10 Å². The van der Waals surface area contributed by atoms with E-state index in [2.05, 4.69) is 35.8 Å². The summed E-state index contributed by atoms with van der Waals surface area (Å²) in [6.45, 7) is 2.52. The van der Waals surface area contributed by atoms with Crippen molar-refractivity contribution in [2.45, 2.75) is 6.92 Å². The van der Waals surface area contributed by atoms with E-state index in [9.17, 15) is 4.79 Å². The van der Waals surface area contributed by atoms with Crippen molar-refractivity contribution in [2.24, 2.45) is 5.10 Å². The summed E-state index contributed by atoms with van der Waals surface area (Å²) in [7, 11) is 0. The van der Waals surface area contributed by atoms with E-state index in [0.29, 0.717) is 40.7 Å². The van der Waals surface area contributed by atoms with Crippen LogP contribution in [-0.4, -0.2) is 50.8 Å². The molecule has 0 bridgehead atoms. The topological polar surface area (TPSA) is 165 Å². The van der Waals surface area contributed by atoms with Gasteiger partial charge in [-0.3, -0.25) is 4.79 Å². The first-order valence-corrected chi connectivity index (χ1v) is 10.1. The number of hydrogen-bond donors (Lipinski definition) is 2. The van der Waals surface area contributed by atoms with Gasteiger partial charge in [-0.25, -0.2) is 10.1 Å². The molecule has 0 saturated heterocycles. The molecule has 0 fully saturated rings. The molecular weight excluding hydrogens is 444 g/mol. The zero-order valence-corrected chi connectivity index (χ0v) is 17.8. The lowest BCUT2D eigenvalue weighted by molar-refractivity contribution is 0.0950. The maximum absolute atomic E-state index is 13.0. The highest BCUT2D eigenvalue weighted by atomic mass is 16.7. The first kappa shape index (κ1) is 20.9. The first-order chi connectivity index (χ1) is 16.6. The molecule has 0 radical (unpaired) electrons. The van der Waals surface area contributed by atoms with Crippen LogP contribution in [0.2, 0.25) is 0 Å². The van der Waals surface area contributed by atoms with E-state index in [-0.39, 0.29) is 24.1 Å². The van der Waals surface area contributed by atoms with E-state index in [4.69, 9.17) is 19.9 Å². The van der Waals surface area contributed by atoms with Crippen molar-refractivity contribution >= 4 is 17.9 Å². The molecule has 4 aromatic rings. The van der Waals surface area contributed by atoms with Gasteiger partial charge in [-0.2, -0.15) is 9.78 Å². The number of carbonyl (C=O) groups is 1. The number of fused-ring (bicyclic) bond motifs is 1. The molecule has 172 valence electrons. The van der Waals surface area contributed by atoms with Gasteiger partial charge in [0.2, 0.25) is 18.4 Å². The smallest absolute Gasteiger partial charge is 0.294 e. The molecule has 5 rings (SSSR count). The summed E-state index contributed by atoms with van der Waals surface area (Å²) >= 11 is 0. The van der Waals surface area contributed by atoms with Gasteiger partial charge in [0.25, 0.3) is 5.91 Å². The van der Waals surface area contributed by atoms with Crippen LogP contribution in [0.4, 0.5) is 5.82 Å².